The fourth-order valence-electron chi connectivity index (χ4n) is 1.26. The maximum absolute atomic E-state index is 11.5. The highest BCUT2D eigenvalue weighted by Crippen LogP contribution is 2.05. The van der Waals surface area contributed by atoms with E-state index in [0.717, 1.165) is 25.0 Å². The number of nitrogens with one attached hydrogen (secondary N) is 1. The molecule has 15 heavy (non-hydrogen) atoms. The molecule has 1 rings (SSSR count). The Labute approximate surface area is 94.8 Å². The molecule has 0 aromatic carbocycles. The van der Waals surface area contributed by atoms with Gasteiger partial charge in [-0.25, -0.2) is 0 Å². The van der Waals surface area contributed by atoms with Crippen molar-refractivity contribution in [2.45, 2.75) is 26.2 Å². The minimum absolute atomic E-state index is 0.0716. The quantitative estimate of drug-likeness (QED) is 0.602. The maximum Gasteiger partial charge on any atom is 0.254 e. The molecule has 0 saturated carbocycles. The predicted octanol–water partition coefficient (Wildman–Crippen LogP) is 2.73. The maximum atomic E-state index is 11.5. The molecular weight excluding hydrogens is 214 g/mol. The van der Waals surface area contributed by atoms with E-state index in [-0.39, 0.29) is 5.91 Å². The van der Waals surface area contributed by atoms with Crippen LogP contribution in [-0.4, -0.2) is 18.3 Å². The minimum Gasteiger partial charge on any atom is -0.469 e. The van der Waals surface area contributed by atoms with Crippen LogP contribution in [-0.2, 0) is 0 Å². The van der Waals surface area contributed by atoms with Gasteiger partial charge in [0.25, 0.3) is 5.91 Å². The van der Waals surface area contributed by atoms with Crippen molar-refractivity contribution in [3.05, 3.63) is 23.7 Å². The van der Waals surface area contributed by atoms with Crippen LogP contribution in [0.3, 0.4) is 0 Å². The Morgan fingerprint density at radius 3 is 2.87 bits per heavy atom. The van der Waals surface area contributed by atoms with Gasteiger partial charge >= 0.3 is 0 Å². The van der Waals surface area contributed by atoms with Gasteiger partial charge in [-0.2, -0.15) is 0 Å². The van der Waals surface area contributed by atoms with Crippen molar-refractivity contribution in [3.8, 4) is 0 Å². The number of carbonyl (C=O) groups excluding carboxylic acids is 1. The summed E-state index contributed by atoms with van der Waals surface area (Å²) in [4.78, 5) is 11.5. The molecule has 0 unspecified atom stereocenters. The normalized spacial score (nSPS) is 10.3. The molecule has 0 aliphatic heterocycles. The highest BCUT2D eigenvalue weighted by molar-refractivity contribution is 6.17. The smallest absolute Gasteiger partial charge is 0.254 e. The van der Waals surface area contributed by atoms with Gasteiger partial charge < -0.3 is 9.73 Å². The summed E-state index contributed by atoms with van der Waals surface area (Å²) in [5.74, 6) is 1.37. The summed E-state index contributed by atoms with van der Waals surface area (Å²) in [6.45, 7) is 2.51. The van der Waals surface area contributed by atoms with Crippen LogP contribution in [0.4, 0.5) is 0 Å². The van der Waals surface area contributed by atoms with E-state index in [0.29, 0.717) is 18.0 Å². The number of unbranched alkanes of at least 4 members (excludes halogenated alkanes) is 2. The first kappa shape index (κ1) is 12.1. The number of aryl methyl sites for hydroxylation is 1. The van der Waals surface area contributed by atoms with Crippen molar-refractivity contribution >= 4 is 17.5 Å². The molecule has 0 aliphatic carbocycles. The Morgan fingerprint density at radius 2 is 2.27 bits per heavy atom. The van der Waals surface area contributed by atoms with Gasteiger partial charge in [-0.05, 0) is 25.8 Å². The van der Waals surface area contributed by atoms with E-state index in [1.54, 1.807) is 6.07 Å². The van der Waals surface area contributed by atoms with Crippen LogP contribution in [0.2, 0.25) is 0 Å². The highest BCUT2D eigenvalue weighted by atomic mass is 35.5. The fourth-order valence-corrected chi connectivity index (χ4v) is 1.45. The molecule has 4 heteroatoms. The summed E-state index contributed by atoms with van der Waals surface area (Å²) in [6.07, 6.45) is 4.50. The van der Waals surface area contributed by atoms with Gasteiger partial charge in [-0.3, -0.25) is 4.79 Å². The van der Waals surface area contributed by atoms with Crippen LogP contribution in [0.15, 0.2) is 16.7 Å². The summed E-state index contributed by atoms with van der Waals surface area (Å²) in [7, 11) is 0. The third kappa shape index (κ3) is 4.38. The van der Waals surface area contributed by atoms with E-state index in [1.807, 2.05) is 6.92 Å². The second-order valence-corrected chi connectivity index (χ2v) is 3.83. The van der Waals surface area contributed by atoms with Crippen molar-refractivity contribution in [1.82, 2.24) is 5.32 Å². The summed E-state index contributed by atoms with van der Waals surface area (Å²) in [5.41, 5.74) is 0.588. The monoisotopic (exact) mass is 229 g/mol. The SMILES string of the molecule is Cc1cc(C(=O)NCCCCCCl)co1. The van der Waals surface area contributed by atoms with Crippen LogP contribution in [0.1, 0.15) is 35.4 Å². The van der Waals surface area contributed by atoms with Crippen LogP contribution in [0.25, 0.3) is 0 Å². The van der Waals surface area contributed by atoms with E-state index in [9.17, 15) is 4.79 Å². The molecule has 1 N–H and O–H groups in total. The van der Waals surface area contributed by atoms with E-state index >= 15 is 0 Å². The average Bonchev–Trinajstić information content (AvgIpc) is 2.64. The Kier molecular flexibility index (Phi) is 5.26. The predicted molar refractivity (Wildman–Crippen MR) is 60.3 cm³/mol. The first-order valence-electron chi connectivity index (χ1n) is 5.13. The molecule has 0 atom stereocenters. The Morgan fingerprint density at radius 1 is 1.47 bits per heavy atom. The van der Waals surface area contributed by atoms with Gasteiger partial charge in [0.05, 0.1) is 5.56 Å². The third-order valence-corrected chi connectivity index (χ3v) is 2.36. The molecule has 84 valence electrons. The molecule has 0 radical (unpaired) electrons. The average molecular weight is 230 g/mol. The number of hydrogen-bond donors (Lipinski definition) is 1. The first-order chi connectivity index (χ1) is 7.24. The number of alkyl halides is 1. The van der Waals surface area contributed by atoms with Crippen molar-refractivity contribution in [2.24, 2.45) is 0 Å². The first-order valence-corrected chi connectivity index (χ1v) is 5.67. The van der Waals surface area contributed by atoms with E-state index < -0.39 is 0 Å². The molecule has 0 bridgehead atoms. The summed E-state index contributed by atoms with van der Waals surface area (Å²) in [6, 6.07) is 1.73. The summed E-state index contributed by atoms with van der Waals surface area (Å²) in [5, 5.41) is 2.83. The van der Waals surface area contributed by atoms with E-state index in [1.165, 1.54) is 6.26 Å². The number of amides is 1. The zero-order valence-corrected chi connectivity index (χ0v) is 9.64. The standard InChI is InChI=1S/C11H16ClNO2/c1-9-7-10(8-15-9)11(14)13-6-4-2-3-5-12/h7-8H,2-6H2,1H3,(H,13,14). The van der Waals surface area contributed by atoms with Gasteiger partial charge in [0.15, 0.2) is 0 Å². The second-order valence-electron chi connectivity index (χ2n) is 3.45. The van der Waals surface area contributed by atoms with E-state index in [4.69, 9.17) is 16.0 Å². The minimum atomic E-state index is -0.0716. The molecule has 0 saturated heterocycles. The van der Waals surface area contributed by atoms with Crippen LogP contribution in [0.5, 0.6) is 0 Å². The largest absolute Gasteiger partial charge is 0.469 e. The number of halogens is 1. The second kappa shape index (κ2) is 6.51. The lowest BCUT2D eigenvalue weighted by Gasteiger charge is -2.02. The molecule has 1 aromatic heterocycles. The van der Waals surface area contributed by atoms with Crippen molar-refractivity contribution < 1.29 is 9.21 Å². The lowest BCUT2D eigenvalue weighted by Crippen LogP contribution is -2.23. The Hall–Kier alpha value is -0.960. The van der Waals surface area contributed by atoms with Crippen LogP contribution < -0.4 is 5.32 Å². The molecule has 0 spiro atoms. The topological polar surface area (TPSA) is 42.2 Å². The fraction of sp³-hybridized carbons (Fsp3) is 0.545. The number of furan rings is 1. The molecule has 1 heterocycles. The van der Waals surface area contributed by atoms with Gasteiger partial charge in [0.2, 0.25) is 0 Å². The van der Waals surface area contributed by atoms with Gasteiger partial charge in [-0.1, -0.05) is 6.42 Å². The molecular formula is C11H16ClNO2. The van der Waals surface area contributed by atoms with Crippen molar-refractivity contribution in [2.75, 3.05) is 12.4 Å². The summed E-state index contributed by atoms with van der Waals surface area (Å²) >= 11 is 5.54. The van der Waals surface area contributed by atoms with Gasteiger partial charge in [0, 0.05) is 12.4 Å². The Bertz CT molecular complexity index is 309. The Balaban J connectivity index is 2.19. The van der Waals surface area contributed by atoms with Crippen molar-refractivity contribution in [1.29, 1.82) is 0 Å². The van der Waals surface area contributed by atoms with Gasteiger partial charge in [-0.15, -0.1) is 11.6 Å². The molecule has 3 nitrogen and oxygen atoms in total. The molecule has 0 aliphatic rings. The number of rotatable bonds is 6. The number of hydrogen-bond acceptors (Lipinski definition) is 2. The third-order valence-electron chi connectivity index (χ3n) is 2.09. The van der Waals surface area contributed by atoms with Crippen LogP contribution in [0, 0.1) is 6.92 Å². The summed E-state index contributed by atoms with van der Waals surface area (Å²) < 4.78 is 5.05. The van der Waals surface area contributed by atoms with E-state index in [2.05, 4.69) is 5.32 Å². The molecule has 0 fully saturated rings. The lowest BCUT2D eigenvalue weighted by atomic mass is 10.2. The molecule has 1 aromatic rings. The van der Waals surface area contributed by atoms with Crippen molar-refractivity contribution in [3.63, 3.8) is 0 Å². The highest BCUT2D eigenvalue weighted by Gasteiger charge is 2.06. The lowest BCUT2D eigenvalue weighted by molar-refractivity contribution is 0.0952. The van der Waals surface area contributed by atoms with Gasteiger partial charge in [0.1, 0.15) is 12.0 Å². The zero-order chi connectivity index (χ0) is 11.1. The molecule has 1 amide bonds. The number of carbonyl (C=O) groups is 1. The van der Waals surface area contributed by atoms with Crippen LogP contribution >= 0.6 is 11.6 Å². The zero-order valence-electron chi connectivity index (χ0n) is 8.88.